The van der Waals surface area contributed by atoms with Gasteiger partial charge >= 0.3 is 11.7 Å². The summed E-state index contributed by atoms with van der Waals surface area (Å²) in [6, 6.07) is 15.6. The molecule has 9 nitrogen and oxygen atoms in total. The predicted octanol–water partition coefficient (Wildman–Crippen LogP) is 5.56. The maximum absolute atomic E-state index is 12.9. The maximum atomic E-state index is 12.9. The highest BCUT2D eigenvalue weighted by molar-refractivity contribution is 6.54. The van der Waals surface area contributed by atoms with Gasteiger partial charge in [-0.2, -0.15) is 0 Å². The molecule has 0 saturated carbocycles. The zero-order valence-electron chi connectivity index (χ0n) is 17.3. The summed E-state index contributed by atoms with van der Waals surface area (Å²) >= 11 is 18.3. The van der Waals surface area contributed by atoms with Crippen LogP contribution in [0.2, 0.25) is 10.0 Å². The molecule has 0 unspecified atom stereocenters. The number of nitrogens with zero attached hydrogens (tertiary/aromatic N) is 2. The van der Waals surface area contributed by atoms with Crippen molar-refractivity contribution in [1.29, 1.82) is 0 Å². The number of rotatable bonds is 6. The first-order valence-electron chi connectivity index (χ1n) is 9.74. The Bertz CT molecular complexity index is 1420. The minimum atomic E-state index is -0.822. The van der Waals surface area contributed by atoms with Crippen molar-refractivity contribution >= 4 is 69.6 Å². The summed E-state index contributed by atoms with van der Waals surface area (Å²) in [7, 11) is 0. The van der Waals surface area contributed by atoms with Gasteiger partial charge in [0.05, 0.1) is 26.2 Å². The van der Waals surface area contributed by atoms with Gasteiger partial charge in [-0.3, -0.25) is 19.7 Å². The lowest BCUT2D eigenvalue weighted by molar-refractivity contribution is -0.385. The molecule has 3 aromatic rings. The van der Waals surface area contributed by atoms with Crippen molar-refractivity contribution in [3.63, 3.8) is 0 Å². The highest BCUT2D eigenvalue weighted by atomic mass is 35.5. The number of esters is 1. The molecule has 0 spiro atoms. The predicted molar refractivity (Wildman–Crippen MR) is 130 cm³/mol. The van der Waals surface area contributed by atoms with Crippen molar-refractivity contribution in [2.75, 3.05) is 10.2 Å². The quantitative estimate of drug-likeness (QED) is 0.145. The van der Waals surface area contributed by atoms with Crippen LogP contribution in [0, 0.1) is 10.1 Å². The third kappa shape index (κ3) is 4.69. The minimum Gasteiger partial charge on any atom is -0.416 e. The Hall–Kier alpha value is -3.92. The zero-order valence-corrected chi connectivity index (χ0v) is 19.6. The molecule has 1 aliphatic heterocycles. The SMILES string of the molecule is O=C(Oc1ccccc1[N+](=O)[O-])c1ccc(NC2=C(Cl)C(=O)N(c3cccc(Cl)c3Cl)C2=O)cc1. The van der Waals surface area contributed by atoms with E-state index in [1.54, 1.807) is 0 Å². The van der Waals surface area contributed by atoms with Gasteiger partial charge in [-0.15, -0.1) is 0 Å². The second-order valence-electron chi connectivity index (χ2n) is 7.02. The topological polar surface area (TPSA) is 119 Å². The fourth-order valence-electron chi connectivity index (χ4n) is 3.18. The molecule has 0 atom stereocenters. The van der Waals surface area contributed by atoms with Crippen LogP contribution in [0.25, 0.3) is 0 Å². The Morgan fingerprint density at radius 2 is 1.60 bits per heavy atom. The van der Waals surface area contributed by atoms with Crippen LogP contribution in [0.3, 0.4) is 0 Å². The first kappa shape index (κ1) is 24.2. The second kappa shape index (κ2) is 9.75. The summed E-state index contributed by atoms with van der Waals surface area (Å²) in [5.74, 6) is -2.55. The van der Waals surface area contributed by atoms with Crippen LogP contribution < -0.4 is 15.0 Å². The van der Waals surface area contributed by atoms with E-state index in [1.165, 1.54) is 66.7 Å². The third-order valence-corrected chi connectivity index (χ3v) is 6.01. The monoisotopic (exact) mass is 531 g/mol. The number of hydrogen-bond donors (Lipinski definition) is 1. The van der Waals surface area contributed by atoms with Crippen molar-refractivity contribution in [2.24, 2.45) is 0 Å². The number of para-hydroxylation sites is 2. The second-order valence-corrected chi connectivity index (χ2v) is 8.19. The molecule has 176 valence electrons. The van der Waals surface area contributed by atoms with Crippen LogP contribution >= 0.6 is 34.8 Å². The number of benzene rings is 3. The number of carbonyl (C=O) groups excluding carboxylic acids is 3. The number of anilines is 2. The molecule has 3 aromatic carbocycles. The van der Waals surface area contributed by atoms with Gasteiger partial charge in [-0.05, 0) is 42.5 Å². The standard InChI is InChI=1S/C23H12Cl3N3O6/c24-14-4-3-6-16(18(14)25)28-21(30)19(26)20(22(28)31)27-13-10-8-12(9-11-13)23(32)35-17-7-2-1-5-15(17)29(33)34/h1-11,27H. The van der Waals surface area contributed by atoms with Crippen LogP contribution in [0.4, 0.5) is 17.1 Å². The van der Waals surface area contributed by atoms with Gasteiger partial charge in [0.25, 0.3) is 11.8 Å². The highest BCUT2D eigenvalue weighted by Gasteiger charge is 2.40. The van der Waals surface area contributed by atoms with E-state index in [-0.39, 0.29) is 43.5 Å². The molecular formula is C23H12Cl3N3O6. The van der Waals surface area contributed by atoms with Crippen molar-refractivity contribution in [3.05, 3.63) is 103 Å². The maximum Gasteiger partial charge on any atom is 0.343 e. The number of hydrogen-bond acceptors (Lipinski definition) is 7. The zero-order chi connectivity index (χ0) is 25.3. The molecule has 1 heterocycles. The van der Waals surface area contributed by atoms with E-state index < -0.39 is 22.7 Å². The molecule has 4 rings (SSSR count). The van der Waals surface area contributed by atoms with E-state index in [2.05, 4.69) is 5.32 Å². The van der Waals surface area contributed by atoms with Crippen molar-refractivity contribution in [3.8, 4) is 5.75 Å². The molecular weight excluding hydrogens is 521 g/mol. The Morgan fingerprint density at radius 1 is 0.914 bits per heavy atom. The van der Waals surface area contributed by atoms with Crippen LogP contribution in [-0.4, -0.2) is 22.7 Å². The average molecular weight is 533 g/mol. The normalized spacial score (nSPS) is 13.3. The molecule has 1 aliphatic rings. The average Bonchev–Trinajstić information content (AvgIpc) is 3.04. The first-order chi connectivity index (χ1) is 16.7. The van der Waals surface area contributed by atoms with Crippen molar-refractivity contribution < 1.29 is 24.0 Å². The lowest BCUT2D eigenvalue weighted by atomic mass is 10.2. The van der Waals surface area contributed by atoms with Crippen molar-refractivity contribution in [2.45, 2.75) is 0 Å². The van der Waals surface area contributed by atoms with Gasteiger partial charge in [0, 0.05) is 11.8 Å². The van der Waals surface area contributed by atoms with E-state index in [1.807, 2.05) is 0 Å². The first-order valence-corrected chi connectivity index (χ1v) is 10.9. The fourth-order valence-corrected chi connectivity index (χ4v) is 3.77. The van der Waals surface area contributed by atoms with E-state index in [9.17, 15) is 24.5 Å². The lowest BCUT2D eigenvalue weighted by Crippen LogP contribution is -2.32. The number of imide groups is 1. The van der Waals surface area contributed by atoms with Crippen LogP contribution in [0.1, 0.15) is 10.4 Å². The summed E-state index contributed by atoms with van der Waals surface area (Å²) in [4.78, 5) is 49.2. The molecule has 0 aliphatic carbocycles. The Kier molecular flexibility index (Phi) is 6.74. The van der Waals surface area contributed by atoms with Gasteiger partial charge in [-0.1, -0.05) is 53.0 Å². The van der Waals surface area contributed by atoms with Gasteiger partial charge in [0.15, 0.2) is 0 Å². The molecule has 1 N–H and O–H groups in total. The number of amides is 2. The molecule has 0 saturated heterocycles. The van der Waals surface area contributed by atoms with Gasteiger partial charge < -0.3 is 10.1 Å². The van der Waals surface area contributed by atoms with Crippen LogP contribution in [-0.2, 0) is 9.59 Å². The Balaban J connectivity index is 1.51. The fraction of sp³-hybridized carbons (Fsp3) is 0. The summed E-state index contributed by atoms with van der Waals surface area (Å²) < 4.78 is 5.14. The van der Waals surface area contributed by atoms with E-state index in [0.29, 0.717) is 5.69 Å². The summed E-state index contributed by atoms with van der Waals surface area (Å²) in [5, 5.41) is 13.7. The van der Waals surface area contributed by atoms with Crippen LogP contribution in [0.15, 0.2) is 77.5 Å². The van der Waals surface area contributed by atoms with E-state index in [4.69, 9.17) is 39.5 Å². The number of ether oxygens (including phenoxy) is 1. The minimum absolute atomic E-state index is 0.0168. The number of nitrogens with one attached hydrogen (secondary N) is 1. The van der Waals surface area contributed by atoms with Gasteiger partial charge in [0.1, 0.15) is 10.7 Å². The molecule has 2 amide bonds. The molecule has 12 heteroatoms. The number of halogens is 3. The molecule has 0 fully saturated rings. The molecule has 0 radical (unpaired) electrons. The Morgan fingerprint density at radius 3 is 2.29 bits per heavy atom. The third-order valence-electron chi connectivity index (χ3n) is 4.85. The van der Waals surface area contributed by atoms with E-state index in [0.717, 1.165) is 4.90 Å². The summed E-state index contributed by atoms with van der Waals surface area (Å²) in [6.45, 7) is 0. The van der Waals surface area contributed by atoms with Crippen molar-refractivity contribution in [1.82, 2.24) is 0 Å². The van der Waals surface area contributed by atoms with Crippen LogP contribution in [0.5, 0.6) is 5.75 Å². The summed E-state index contributed by atoms with van der Waals surface area (Å²) in [5.41, 5.74) is -0.0369. The lowest BCUT2D eigenvalue weighted by Gasteiger charge is -2.17. The molecule has 35 heavy (non-hydrogen) atoms. The van der Waals surface area contributed by atoms with E-state index >= 15 is 0 Å². The molecule has 0 aromatic heterocycles. The van der Waals surface area contributed by atoms with Gasteiger partial charge in [-0.25, -0.2) is 9.69 Å². The number of nitro groups is 1. The number of carbonyl (C=O) groups is 3. The molecule has 0 bridgehead atoms. The summed E-state index contributed by atoms with van der Waals surface area (Å²) in [6.07, 6.45) is 0. The largest absolute Gasteiger partial charge is 0.416 e. The Labute approximate surface area is 212 Å². The smallest absolute Gasteiger partial charge is 0.343 e. The van der Waals surface area contributed by atoms with Gasteiger partial charge in [0.2, 0.25) is 5.75 Å². The number of nitro benzene ring substituents is 1. The highest BCUT2D eigenvalue weighted by Crippen LogP contribution is 2.37.